The van der Waals surface area contributed by atoms with E-state index in [1.807, 2.05) is 48.5 Å². The Balaban J connectivity index is 1.44. The smallest absolute Gasteiger partial charge is 0.287 e. The summed E-state index contributed by atoms with van der Waals surface area (Å²) in [7, 11) is 0. The van der Waals surface area contributed by atoms with Crippen molar-refractivity contribution in [1.29, 1.82) is 0 Å². The van der Waals surface area contributed by atoms with E-state index in [2.05, 4.69) is 10.6 Å². The van der Waals surface area contributed by atoms with E-state index >= 15 is 0 Å². The molecule has 4 aromatic rings. The van der Waals surface area contributed by atoms with Crippen molar-refractivity contribution in [1.82, 2.24) is 10.6 Å². The van der Waals surface area contributed by atoms with Crippen LogP contribution in [0.4, 0.5) is 0 Å². The van der Waals surface area contributed by atoms with Gasteiger partial charge < -0.3 is 19.5 Å². The van der Waals surface area contributed by atoms with Crippen molar-refractivity contribution in [3.05, 3.63) is 89.0 Å². The number of fused-ring (bicyclic) bond motifs is 1. The predicted molar refractivity (Wildman–Crippen MR) is 120 cm³/mol. The molecule has 2 amide bonds. The molecule has 0 spiro atoms. The molecule has 0 atom stereocenters. The Morgan fingerprint density at radius 2 is 1.77 bits per heavy atom. The van der Waals surface area contributed by atoms with E-state index in [-0.39, 0.29) is 24.8 Å². The third-order valence-corrected chi connectivity index (χ3v) is 5.84. The van der Waals surface area contributed by atoms with Crippen LogP contribution < -0.4 is 10.6 Å². The molecule has 158 valence electrons. The Labute approximate surface area is 187 Å². The van der Waals surface area contributed by atoms with Gasteiger partial charge in [-0.05, 0) is 42.5 Å². The lowest BCUT2D eigenvalue weighted by atomic mass is 10.1. The molecule has 2 aromatic heterocycles. The van der Waals surface area contributed by atoms with Crippen LogP contribution >= 0.6 is 23.4 Å². The average molecular weight is 455 g/mol. The first-order valence-corrected chi connectivity index (χ1v) is 10.9. The lowest BCUT2D eigenvalue weighted by molar-refractivity contribution is -0.120. The van der Waals surface area contributed by atoms with Crippen molar-refractivity contribution in [3.63, 3.8) is 0 Å². The van der Waals surface area contributed by atoms with Gasteiger partial charge in [0.15, 0.2) is 5.76 Å². The second-order valence-electron chi connectivity index (χ2n) is 6.69. The summed E-state index contributed by atoms with van der Waals surface area (Å²) in [6, 6.07) is 18.5. The Bertz CT molecular complexity index is 1190. The number of rotatable bonds is 8. The van der Waals surface area contributed by atoms with Crippen molar-refractivity contribution in [2.75, 3.05) is 6.54 Å². The van der Waals surface area contributed by atoms with Crippen LogP contribution in [-0.4, -0.2) is 18.4 Å². The topological polar surface area (TPSA) is 84.5 Å². The summed E-state index contributed by atoms with van der Waals surface area (Å²) in [5, 5.41) is 6.87. The normalized spacial score (nSPS) is 10.9. The van der Waals surface area contributed by atoms with E-state index in [0.29, 0.717) is 22.1 Å². The van der Waals surface area contributed by atoms with Gasteiger partial charge in [-0.2, -0.15) is 0 Å². The van der Waals surface area contributed by atoms with Gasteiger partial charge in [-0.15, -0.1) is 11.8 Å². The maximum atomic E-state index is 12.8. The molecule has 2 heterocycles. The molecule has 0 aliphatic rings. The number of hydrogen-bond donors (Lipinski definition) is 2. The first-order chi connectivity index (χ1) is 15.1. The highest BCUT2D eigenvalue weighted by molar-refractivity contribution is 7.98. The summed E-state index contributed by atoms with van der Waals surface area (Å²) >= 11 is 7.53. The summed E-state index contributed by atoms with van der Waals surface area (Å²) in [5.41, 5.74) is 1.41. The minimum Gasteiger partial charge on any atom is -0.467 e. The van der Waals surface area contributed by atoms with E-state index in [1.165, 1.54) is 6.26 Å². The lowest BCUT2D eigenvalue weighted by Gasteiger charge is -2.07. The largest absolute Gasteiger partial charge is 0.467 e. The standard InChI is InChI=1S/C23H19ClN2O4S/c24-15-7-9-17(10-8-15)31-14-19-18-5-1-2-6-20(18)30-22(19)23(28)26-13-21(27)25-12-16-4-3-11-29-16/h1-11H,12-14H2,(H,25,27)(H,26,28). The summed E-state index contributed by atoms with van der Waals surface area (Å²) in [6.07, 6.45) is 1.54. The fraction of sp³-hybridized carbons (Fsp3) is 0.130. The maximum Gasteiger partial charge on any atom is 0.287 e. The number of thioether (sulfide) groups is 1. The van der Waals surface area contributed by atoms with Gasteiger partial charge in [0.1, 0.15) is 11.3 Å². The molecule has 0 fully saturated rings. The van der Waals surface area contributed by atoms with E-state index in [4.69, 9.17) is 20.4 Å². The number of furan rings is 2. The monoisotopic (exact) mass is 454 g/mol. The molecule has 0 radical (unpaired) electrons. The van der Waals surface area contributed by atoms with Crippen molar-refractivity contribution in [3.8, 4) is 0 Å². The average Bonchev–Trinajstić information content (AvgIpc) is 3.43. The second kappa shape index (κ2) is 9.76. The van der Waals surface area contributed by atoms with Crippen LogP contribution in [0.1, 0.15) is 21.9 Å². The molecule has 0 saturated carbocycles. The number of para-hydroxylation sites is 1. The lowest BCUT2D eigenvalue weighted by Crippen LogP contribution is -2.36. The van der Waals surface area contributed by atoms with Crippen molar-refractivity contribution in [2.24, 2.45) is 0 Å². The van der Waals surface area contributed by atoms with Crippen LogP contribution in [-0.2, 0) is 17.1 Å². The van der Waals surface area contributed by atoms with Gasteiger partial charge in [-0.3, -0.25) is 9.59 Å². The third-order valence-electron chi connectivity index (χ3n) is 4.55. The van der Waals surface area contributed by atoms with Gasteiger partial charge in [-0.1, -0.05) is 29.8 Å². The van der Waals surface area contributed by atoms with Crippen LogP contribution in [0.15, 0.2) is 80.7 Å². The third kappa shape index (κ3) is 5.31. The van der Waals surface area contributed by atoms with Gasteiger partial charge in [0.25, 0.3) is 5.91 Å². The highest BCUT2D eigenvalue weighted by atomic mass is 35.5. The van der Waals surface area contributed by atoms with Crippen LogP contribution in [0.5, 0.6) is 0 Å². The maximum absolute atomic E-state index is 12.8. The van der Waals surface area contributed by atoms with E-state index in [9.17, 15) is 9.59 Å². The molecule has 0 aliphatic heterocycles. The first-order valence-electron chi connectivity index (χ1n) is 9.56. The molecule has 2 N–H and O–H groups in total. The SMILES string of the molecule is O=C(CNC(=O)c1oc2ccccc2c1CSc1ccc(Cl)cc1)NCc1ccco1. The predicted octanol–water partition coefficient (Wildman–Crippen LogP) is 5.02. The number of halogens is 1. The van der Waals surface area contributed by atoms with Crippen molar-refractivity contribution < 1.29 is 18.4 Å². The summed E-state index contributed by atoms with van der Waals surface area (Å²) in [6.45, 7) is 0.0929. The van der Waals surface area contributed by atoms with Crippen LogP contribution in [0.3, 0.4) is 0 Å². The first kappa shape index (κ1) is 21.1. The van der Waals surface area contributed by atoms with E-state index in [0.717, 1.165) is 15.8 Å². The van der Waals surface area contributed by atoms with Crippen molar-refractivity contribution in [2.45, 2.75) is 17.2 Å². The molecule has 6 nitrogen and oxygen atoms in total. The fourth-order valence-electron chi connectivity index (χ4n) is 3.01. The van der Waals surface area contributed by atoms with Gasteiger partial charge in [0.2, 0.25) is 5.91 Å². The Hall–Kier alpha value is -3.16. The number of carbonyl (C=O) groups is 2. The highest BCUT2D eigenvalue weighted by Gasteiger charge is 2.21. The van der Waals surface area contributed by atoms with E-state index in [1.54, 1.807) is 23.9 Å². The molecule has 0 unspecified atom stereocenters. The Morgan fingerprint density at radius 3 is 2.55 bits per heavy atom. The second-order valence-corrected chi connectivity index (χ2v) is 8.17. The van der Waals surface area contributed by atoms with Gasteiger partial charge in [0, 0.05) is 26.6 Å². The van der Waals surface area contributed by atoms with Gasteiger partial charge >= 0.3 is 0 Å². The molecule has 2 aromatic carbocycles. The summed E-state index contributed by atoms with van der Waals surface area (Å²) in [5.74, 6) is 0.625. The molecule has 4 rings (SSSR count). The molecular weight excluding hydrogens is 436 g/mol. The van der Waals surface area contributed by atoms with Gasteiger partial charge in [-0.25, -0.2) is 0 Å². The number of carbonyl (C=O) groups excluding carboxylic acids is 2. The fourth-order valence-corrected chi connectivity index (χ4v) is 4.07. The Kier molecular flexibility index (Phi) is 6.64. The molecule has 0 aliphatic carbocycles. The summed E-state index contributed by atoms with van der Waals surface area (Å²) < 4.78 is 11.0. The quantitative estimate of drug-likeness (QED) is 0.365. The van der Waals surface area contributed by atoms with Gasteiger partial charge in [0.05, 0.1) is 19.4 Å². The number of benzene rings is 2. The minimum absolute atomic E-state index is 0.166. The zero-order valence-corrected chi connectivity index (χ0v) is 18.0. The zero-order valence-electron chi connectivity index (χ0n) is 16.4. The van der Waals surface area contributed by atoms with Crippen LogP contribution in [0, 0.1) is 0 Å². The molecule has 0 saturated heterocycles. The highest BCUT2D eigenvalue weighted by Crippen LogP contribution is 2.32. The van der Waals surface area contributed by atoms with Crippen LogP contribution in [0.25, 0.3) is 11.0 Å². The van der Waals surface area contributed by atoms with E-state index < -0.39 is 5.91 Å². The Morgan fingerprint density at radius 1 is 0.968 bits per heavy atom. The zero-order chi connectivity index (χ0) is 21.6. The van der Waals surface area contributed by atoms with Crippen LogP contribution in [0.2, 0.25) is 5.02 Å². The molecule has 31 heavy (non-hydrogen) atoms. The summed E-state index contributed by atoms with van der Waals surface area (Å²) in [4.78, 5) is 25.9. The molecule has 8 heteroatoms. The molecule has 0 bridgehead atoms. The van der Waals surface area contributed by atoms with Crippen molar-refractivity contribution >= 4 is 46.1 Å². The molecular formula is C23H19ClN2O4S. The number of amides is 2. The number of hydrogen-bond acceptors (Lipinski definition) is 5. The number of nitrogens with one attached hydrogen (secondary N) is 2. The minimum atomic E-state index is -0.434.